The highest BCUT2D eigenvalue weighted by molar-refractivity contribution is 5.76. The van der Waals surface area contributed by atoms with E-state index >= 15 is 0 Å². The first kappa shape index (κ1) is 12.0. The number of aromatic nitrogens is 2. The average molecular weight is 256 g/mol. The van der Waals surface area contributed by atoms with E-state index in [0.717, 1.165) is 23.1 Å². The van der Waals surface area contributed by atoms with Gasteiger partial charge in [0.05, 0.1) is 22.9 Å². The third-order valence-corrected chi connectivity index (χ3v) is 3.34. The molecule has 1 fully saturated rings. The summed E-state index contributed by atoms with van der Waals surface area (Å²) in [7, 11) is 0. The van der Waals surface area contributed by atoms with Crippen molar-refractivity contribution >= 4 is 16.9 Å². The van der Waals surface area contributed by atoms with Gasteiger partial charge in [-0.15, -0.1) is 0 Å². The van der Waals surface area contributed by atoms with Crippen LogP contribution in [0.4, 0.5) is 0 Å². The maximum atomic E-state index is 11.1. The van der Waals surface area contributed by atoms with Crippen molar-refractivity contribution < 1.29 is 4.79 Å². The van der Waals surface area contributed by atoms with Crippen LogP contribution in [0.3, 0.4) is 0 Å². The summed E-state index contributed by atoms with van der Waals surface area (Å²) in [5, 5.41) is 6.27. The fourth-order valence-corrected chi connectivity index (χ4v) is 2.24. The van der Waals surface area contributed by atoms with Crippen molar-refractivity contribution in [2.24, 2.45) is 0 Å². The van der Waals surface area contributed by atoms with Crippen molar-refractivity contribution in [1.82, 2.24) is 20.6 Å². The van der Waals surface area contributed by atoms with E-state index in [0.29, 0.717) is 25.6 Å². The molecule has 2 N–H and O–H groups in total. The Labute approximate surface area is 111 Å². The summed E-state index contributed by atoms with van der Waals surface area (Å²) < 4.78 is 0. The zero-order valence-corrected chi connectivity index (χ0v) is 10.6. The molecule has 0 spiro atoms. The number of carbonyl (C=O) groups is 1. The predicted octanol–water partition coefficient (Wildman–Crippen LogP) is 0.998. The number of fused-ring (bicyclic) bond motifs is 1. The van der Waals surface area contributed by atoms with Gasteiger partial charge in [-0.1, -0.05) is 12.1 Å². The van der Waals surface area contributed by atoms with Crippen molar-refractivity contribution in [2.75, 3.05) is 6.54 Å². The number of amides is 1. The minimum atomic E-state index is 0.142. The smallest absolute Gasteiger partial charge is 0.220 e. The third kappa shape index (κ3) is 2.88. The van der Waals surface area contributed by atoms with Crippen LogP contribution in [0.25, 0.3) is 11.0 Å². The SMILES string of the molecule is O=C1CCC(NCc2cnc3ccccc3n2)CN1. The zero-order chi connectivity index (χ0) is 13.1. The van der Waals surface area contributed by atoms with Crippen LogP contribution in [0.1, 0.15) is 18.5 Å². The molecule has 0 bridgehead atoms. The summed E-state index contributed by atoms with van der Waals surface area (Å²) in [6.07, 6.45) is 3.28. The maximum absolute atomic E-state index is 11.1. The van der Waals surface area contributed by atoms with Gasteiger partial charge >= 0.3 is 0 Å². The van der Waals surface area contributed by atoms with E-state index in [1.165, 1.54) is 0 Å². The van der Waals surface area contributed by atoms with Gasteiger partial charge in [-0.3, -0.25) is 9.78 Å². The Kier molecular flexibility index (Phi) is 3.37. The molecule has 5 heteroatoms. The van der Waals surface area contributed by atoms with Crippen LogP contribution in [-0.2, 0) is 11.3 Å². The molecule has 2 aromatic rings. The van der Waals surface area contributed by atoms with Gasteiger partial charge in [-0.05, 0) is 18.6 Å². The lowest BCUT2D eigenvalue weighted by molar-refractivity contribution is -0.122. The second kappa shape index (κ2) is 5.32. The Morgan fingerprint density at radius 2 is 2.16 bits per heavy atom. The van der Waals surface area contributed by atoms with Crippen molar-refractivity contribution in [2.45, 2.75) is 25.4 Å². The number of hydrogen-bond donors (Lipinski definition) is 2. The highest BCUT2D eigenvalue weighted by atomic mass is 16.1. The molecule has 1 unspecified atom stereocenters. The molecule has 19 heavy (non-hydrogen) atoms. The predicted molar refractivity (Wildman–Crippen MR) is 72.4 cm³/mol. The number of nitrogens with zero attached hydrogens (tertiary/aromatic N) is 2. The third-order valence-electron chi connectivity index (χ3n) is 3.34. The first-order valence-electron chi connectivity index (χ1n) is 6.52. The molecular weight excluding hydrogens is 240 g/mol. The van der Waals surface area contributed by atoms with E-state index in [1.54, 1.807) is 6.20 Å². The number of para-hydroxylation sites is 2. The van der Waals surface area contributed by atoms with Gasteiger partial charge in [0.1, 0.15) is 0 Å². The summed E-state index contributed by atoms with van der Waals surface area (Å²) >= 11 is 0. The monoisotopic (exact) mass is 256 g/mol. The minimum Gasteiger partial charge on any atom is -0.355 e. The van der Waals surface area contributed by atoms with Crippen LogP contribution >= 0.6 is 0 Å². The van der Waals surface area contributed by atoms with Crippen molar-refractivity contribution in [3.8, 4) is 0 Å². The van der Waals surface area contributed by atoms with Crippen LogP contribution in [0.15, 0.2) is 30.5 Å². The van der Waals surface area contributed by atoms with Gasteiger partial charge in [0.25, 0.3) is 0 Å². The van der Waals surface area contributed by atoms with Crippen LogP contribution in [0, 0.1) is 0 Å². The molecule has 98 valence electrons. The van der Waals surface area contributed by atoms with Gasteiger partial charge in [0, 0.05) is 25.6 Å². The van der Waals surface area contributed by atoms with Gasteiger partial charge in [0.15, 0.2) is 0 Å². The number of nitrogens with one attached hydrogen (secondary N) is 2. The molecule has 5 nitrogen and oxygen atoms in total. The highest BCUT2D eigenvalue weighted by Gasteiger charge is 2.17. The summed E-state index contributed by atoms with van der Waals surface area (Å²) in [5.74, 6) is 0.142. The van der Waals surface area contributed by atoms with Crippen LogP contribution in [0.5, 0.6) is 0 Å². The number of hydrogen-bond acceptors (Lipinski definition) is 4. The van der Waals surface area contributed by atoms with Crippen molar-refractivity contribution in [3.63, 3.8) is 0 Å². The van der Waals surface area contributed by atoms with Crippen LogP contribution in [0.2, 0.25) is 0 Å². The molecule has 1 aliphatic heterocycles. The van der Waals surface area contributed by atoms with E-state index in [4.69, 9.17) is 0 Å². The molecular formula is C14H16N4O. The number of benzene rings is 1. The maximum Gasteiger partial charge on any atom is 0.220 e. The fourth-order valence-electron chi connectivity index (χ4n) is 2.24. The Bertz CT molecular complexity index is 589. The summed E-state index contributed by atoms with van der Waals surface area (Å²) in [5.41, 5.74) is 2.76. The lowest BCUT2D eigenvalue weighted by Gasteiger charge is -2.23. The van der Waals surface area contributed by atoms with E-state index < -0.39 is 0 Å². The number of carbonyl (C=O) groups excluding carboxylic acids is 1. The molecule has 1 saturated heterocycles. The Balaban J connectivity index is 1.63. The standard InChI is InChI=1S/C14H16N4O/c19-14-6-5-10(7-17-14)15-8-11-9-16-12-3-1-2-4-13(12)18-11/h1-4,9-10,15H,5-8H2,(H,17,19). The molecule has 1 aliphatic rings. The van der Waals surface area contributed by atoms with E-state index in [9.17, 15) is 4.79 Å². The Hall–Kier alpha value is -2.01. The van der Waals surface area contributed by atoms with Gasteiger partial charge in [-0.2, -0.15) is 0 Å². The van der Waals surface area contributed by atoms with E-state index in [1.807, 2.05) is 24.3 Å². The molecule has 1 amide bonds. The van der Waals surface area contributed by atoms with Gasteiger partial charge in [-0.25, -0.2) is 4.98 Å². The topological polar surface area (TPSA) is 66.9 Å². The second-order valence-electron chi connectivity index (χ2n) is 4.77. The molecule has 2 heterocycles. The molecule has 1 aromatic heterocycles. The number of rotatable bonds is 3. The fraction of sp³-hybridized carbons (Fsp3) is 0.357. The minimum absolute atomic E-state index is 0.142. The largest absolute Gasteiger partial charge is 0.355 e. The zero-order valence-electron chi connectivity index (χ0n) is 10.6. The molecule has 0 aliphatic carbocycles. The first-order chi connectivity index (χ1) is 9.31. The quantitative estimate of drug-likeness (QED) is 0.859. The highest BCUT2D eigenvalue weighted by Crippen LogP contribution is 2.09. The lowest BCUT2D eigenvalue weighted by Crippen LogP contribution is -2.45. The molecule has 0 saturated carbocycles. The van der Waals surface area contributed by atoms with E-state index in [2.05, 4.69) is 20.6 Å². The lowest BCUT2D eigenvalue weighted by atomic mass is 10.1. The molecule has 1 atom stereocenters. The van der Waals surface area contributed by atoms with Crippen molar-refractivity contribution in [3.05, 3.63) is 36.2 Å². The Morgan fingerprint density at radius 1 is 1.32 bits per heavy atom. The van der Waals surface area contributed by atoms with Crippen molar-refractivity contribution in [1.29, 1.82) is 0 Å². The van der Waals surface area contributed by atoms with E-state index in [-0.39, 0.29) is 5.91 Å². The summed E-state index contributed by atoms with van der Waals surface area (Å²) in [6.45, 7) is 1.37. The van der Waals surface area contributed by atoms with Gasteiger partial charge < -0.3 is 10.6 Å². The summed E-state index contributed by atoms with van der Waals surface area (Å²) in [4.78, 5) is 20.0. The van der Waals surface area contributed by atoms with Crippen LogP contribution in [-0.4, -0.2) is 28.5 Å². The van der Waals surface area contributed by atoms with Crippen LogP contribution < -0.4 is 10.6 Å². The molecule has 1 aromatic carbocycles. The molecule has 3 rings (SSSR count). The van der Waals surface area contributed by atoms with Gasteiger partial charge in [0.2, 0.25) is 5.91 Å². The normalized spacial score (nSPS) is 19.4. The average Bonchev–Trinajstić information content (AvgIpc) is 2.46. The number of piperidine rings is 1. The second-order valence-corrected chi connectivity index (χ2v) is 4.77. The Morgan fingerprint density at radius 3 is 2.95 bits per heavy atom. The summed E-state index contributed by atoms with van der Waals surface area (Å²) in [6, 6.07) is 8.17. The molecule has 0 radical (unpaired) electrons. The first-order valence-corrected chi connectivity index (χ1v) is 6.52.